The lowest BCUT2D eigenvalue weighted by molar-refractivity contribution is 0.0975. The lowest BCUT2D eigenvalue weighted by atomic mass is 9.92. The molecule has 0 fully saturated rings. The molecule has 5 heteroatoms. The molecule has 3 rings (SSSR count). The Kier molecular flexibility index (Phi) is 4.19. The summed E-state index contributed by atoms with van der Waals surface area (Å²) < 4.78 is 11.3. The van der Waals surface area contributed by atoms with Crippen molar-refractivity contribution in [2.45, 2.75) is 52.6 Å². The molecule has 25 heavy (non-hydrogen) atoms. The van der Waals surface area contributed by atoms with Crippen molar-refractivity contribution in [2.24, 2.45) is 0 Å². The Balaban J connectivity index is 2.51. The number of aryl methyl sites for hydroxylation is 1. The zero-order valence-corrected chi connectivity index (χ0v) is 14.9. The number of phenolic OH excluding ortho intramolecular Hbond substituents is 1. The molecule has 0 aliphatic carbocycles. The lowest BCUT2D eigenvalue weighted by Gasteiger charge is -2.30. The highest BCUT2D eigenvalue weighted by molar-refractivity contribution is 6.12. The van der Waals surface area contributed by atoms with Crippen molar-refractivity contribution in [2.75, 3.05) is 0 Å². The average molecular weight is 342 g/mol. The van der Waals surface area contributed by atoms with Gasteiger partial charge in [0.25, 0.3) is 0 Å². The first kappa shape index (κ1) is 17.3. The fourth-order valence-electron chi connectivity index (χ4n) is 3.20. The molecule has 5 nitrogen and oxygen atoms in total. The number of ether oxygens (including phenoxy) is 1. The summed E-state index contributed by atoms with van der Waals surface area (Å²) in [5, 5.41) is 11.3. The molecule has 0 spiro atoms. The van der Waals surface area contributed by atoms with Crippen LogP contribution < -0.4 is 10.4 Å². The summed E-state index contributed by atoms with van der Waals surface area (Å²) in [6.07, 6.45) is 5.23. The van der Waals surface area contributed by atoms with E-state index >= 15 is 0 Å². The molecule has 1 aromatic heterocycles. The molecular weight excluding hydrogens is 320 g/mol. The van der Waals surface area contributed by atoms with E-state index in [0.717, 1.165) is 6.42 Å². The third kappa shape index (κ3) is 2.84. The molecule has 1 aromatic carbocycles. The van der Waals surface area contributed by atoms with Crippen LogP contribution in [0.4, 0.5) is 0 Å². The fraction of sp³-hybridized carbons (Fsp3) is 0.400. The van der Waals surface area contributed by atoms with Gasteiger partial charge >= 0.3 is 5.63 Å². The van der Waals surface area contributed by atoms with E-state index in [1.54, 1.807) is 13.0 Å². The average Bonchev–Trinajstić information content (AvgIpc) is 2.53. The van der Waals surface area contributed by atoms with Crippen LogP contribution in [0.15, 0.2) is 21.4 Å². The number of fused-ring (bicyclic) bond motifs is 2. The number of carbonyl (C=O) groups excluding carboxylic acids is 1. The number of hydrogen-bond acceptors (Lipinski definition) is 5. The first-order chi connectivity index (χ1) is 11.8. The van der Waals surface area contributed by atoms with Crippen LogP contribution >= 0.6 is 0 Å². The summed E-state index contributed by atoms with van der Waals surface area (Å²) in [6, 6.07) is 1.38. The number of phenols is 1. The highest BCUT2D eigenvalue weighted by Gasteiger charge is 2.32. The van der Waals surface area contributed by atoms with E-state index in [2.05, 4.69) is 0 Å². The summed E-state index contributed by atoms with van der Waals surface area (Å²) in [5.41, 5.74) is 0.318. The molecule has 0 bridgehead atoms. The van der Waals surface area contributed by atoms with Crippen LogP contribution in [0.2, 0.25) is 0 Å². The van der Waals surface area contributed by atoms with E-state index in [4.69, 9.17) is 9.15 Å². The molecule has 0 radical (unpaired) electrons. The van der Waals surface area contributed by atoms with E-state index in [0.29, 0.717) is 22.9 Å². The standard InChI is InChI=1S/C20H22O5/c1-5-7-11-10-14(22)24-19-15(11)17(23)12-8-9-20(3,4)25-18(12)16(19)13(21)6-2/h8-10,23H,5-7H2,1-4H3. The molecule has 1 aliphatic rings. The number of aromatic hydroxyl groups is 1. The summed E-state index contributed by atoms with van der Waals surface area (Å²) in [5.74, 6) is 0.0712. The van der Waals surface area contributed by atoms with Crippen molar-refractivity contribution in [3.63, 3.8) is 0 Å². The second kappa shape index (κ2) is 6.06. The zero-order valence-electron chi connectivity index (χ0n) is 14.9. The Hall–Kier alpha value is -2.56. The number of carbonyl (C=O) groups is 1. The minimum Gasteiger partial charge on any atom is -0.506 e. The molecule has 0 unspecified atom stereocenters. The van der Waals surface area contributed by atoms with E-state index < -0.39 is 11.2 Å². The Labute approximate surface area is 145 Å². The van der Waals surface area contributed by atoms with Gasteiger partial charge in [0, 0.05) is 12.5 Å². The third-order valence-electron chi connectivity index (χ3n) is 4.37. The van der Waals surface area contributed by atoms with Gasteiger partial charge in [-0.05, 0) is 38.0 Å². The maximum absolute atomic E-state index is 12.7. The van der Waals surface area contributed by atoms with Gasteiger partial charge in [-0.2, -0.15) is 0 Å². The first-order valence-electron chi connectivity index (χ1n) is 8.56. The molecule has 0 saturated heterocycles. The van der Waals surface area contributed by atoms with Crippen molar-refractivity contribution >= 4 is 22.8 Å². The van der Waals surface area contributed by atoms with Crippen molar-refractivity contribution < 1.29 is 19.1 Å². The highest BCUT2D eigenvalue weighted by atomic mass is 16.5. The van der Waals surface area contributed by atoms with Gasteiger partial charge in [0.1, 0.15) is 22.7 Å². The number of ketones is 1. The maximum Gasteiger partial charge on any atom is 0.336 e. The smallest absolute Gasteiger partial charge is 0.336 e. The predicted molar refractivity (Wildman–Crippen MR) is 96.5 cm³/mol. The van der Waals surface area contributed by atoms with Crippen LogP contribution in [0.3, 0.4) is 0 Å². The van der Waals surface area contributed by atoms with Crippen LogP contribution in [-0.2, 0) is 6.42 Å². The van der Waals surface area contributed by atoms with Gasteiger partial charge in [-0.25, -0.2) is 4.79 Å². The lowest BCUT2D eigenvalue weighted by Crippen LogP contribution is -2.29. The highest BCUT2D eigenvalue weighted by Crippen LogP contribution is 2.46. The van der Waals surface area contributed by atoms with Gasteiger partial charge in [0.15, 0.2) is 11.4 Å². The maximum atomic E-state index is 12.7. The quantitative estimate of drug-likeness (QED) is 0.665. The van der Waals surface area contributed by atoms with Crippen molar-refractivity contribution in [1.82, 2.24) is 0 Å². The zero-order chi connectivity index (χ0) is 18.4. The topological polar surface area (TPSA) is 76.7 Å². The monoisotopic (exact) mass is 342 g/mol. The number of rotatable bonds is 4. The predicted octanol–water partition coefficient (Wildman–Crippen LogP) is 4.23. The molecule has 1 aliphatic heterocycles. The van der Waals surface area contributed by atoms with Crippen LogP contribution in [0, 0.1) is 0 Å². The number of Topliss-reactive ketones (excluding diaryl/α,β-unsaturated/α-hetero) is 1. The van der Waals surface area contributed by atoms with Crippen molar-refractivity contribution in [3.05, 3.63) is 39.3 Å². The van der Waals surface area contributed by atoms with Crippen LogP contribution in [0.25, 0.3) is 17.0 Å². The van der Waals surface area contributed by atoms with E-state index in [-0.39, 0.29) is 34.8 Å². The fourth-order valence-corrected chi connectivity index (χ4v) is 3.20. The van der Waals surface area contributed by atoms with E-state index in [1.165, 1.54) is 6.07 Å². The molecular formula is C20H22O5. The molecule has 0 atom stereocenters. The molecule has 0 amide bonds. The van der Waals surface area contributed by atoms with E-state index in [9.17, 15) is 14.7 Å². The van der Waals surface area contributed by atoms with Crippen molar-refractivity contribution in [3.8, 4) is 11.5 Å². The summed E-state index contributed by atoms with van der Waals surface area (Å²) in [4.78, 5) is 24.7. The Morgan fingerprint density at radius 2 is 2.00 bits per heavy atom. The van der Waals surface area contributed by atoms with E-state index in [1.807, 2.05) is 26.8 Å². The van der Waals surface area contributed by atoms with Crippen LogP contribution in [-0.4, -0.2) is 16.5 Å². The summed E-state index contributed by atoms with van der Waals surface area (Å²) >= 11 is 0. The Morgan fingerprint density at radius 1 is 1.28 bits per heavy atom. The number of benzene rings is 1. The minimum atomic E-state index is -0.628. The largest absolute Gasteiger partial charge is 0.506 e. The normalized spacial score (nSPS) is 15.0. The molecule has 2 heterocycles. The van der Waals surface area contributed by atoms with Gasteiger partial charge in [0.2, 0.25) is 0 Å². The van der Waals surface area contributed by atoms with Gasteiger partial charge in [-0.1, -0.05) is 20.3 Å². The van der Waals surface area contributed by atoms with Crippen LogP contribution in [0.1, 0.15) is 62.0 Å². The second-order valence-electron chi connectivity index (χ2n) is 6.83. The molecule has 1 N–H and O–H groups in total. The van der Waals surface area contributed by atoms with Crippen LogP contribution in [0.5, 0.6) is 11.5 Å². The molecule has 2 aromatic rings. The Bertz CT molecular complexity index is 947. The Morgan fingerprint density at radius 3 is 2.64 bits per heavy atom. The number of hydrogen-bond donors (Lipinski definition) is 1. The van der Waals surface area contributed by atoms with Gasteiger partial charge < -0.3 is 14.3 Å². The SMILES string of the molecule is CCCc1cc(=O)oc2c(C(=O)CC)c3c(c(O)c12)C=CC(C)(C)O3. The minimum absolute atomic E-state index is 0.0170. The van der Waals surface area contributed by atoms with Gasteiger partial charge in [0.05, 0.1) is 10.9 Å². The van der Waals surface area contributed by atoms with Gasteiger partial charge in [-0.3, -0.25) is 4.79 Å². The van der Waals surface area contributed by atoms with Gasteiger partial charge in [-0.15, -0.1) is 0 Å². The first-order valence-corrected chi connectivity index (χ1v) is 8.56. The third-order valence-corrected chi connectivity index (χ3v) is 4.37. The summed E-state index contributed by atoms with van der Waals surface area (Å²) in [6.45, 7) is 7.44. The van der Waals surface area contributed by atoms with Crippen molar-refractivity contribution in [1.29, 1.82) is 0 Å². The molecule has 132 valence electrons. The second-order valence-corrected chi connectivity index (χ2v) is 6.83. The molecule has 0 saturated carbocycles. The summed E-state index contributed by atoms with van der Waals surface area (Å²) in [7, 11) is 0.